The van der Waals surface area contributed by atoms with Crippen molar-refractivity contribution < 1.29 is 4.74 Å². The van der Waals surface area contributed by atoms with Crippen molar-refractivity contribution in [2.24, 2.45) is 0 Å². The predicted octanol–water partition coefficient (Wildman–Crippen LogP) is 3.35. The van der Waals surface area contributed by atoms with Gasteiger partial charge in [-0.3, -0.25) is 0 Å². The number of aromatic nitrogens is 1. The lowest BCUT2D eigenvalue weighted by Crippen LogP contribution is -2.02. The molecule has 0 amide bonds. The van der Waals surface area contributed by atoms with E-state index >= 15 is 0 Å². The van der Waals surface area contributed by atoms with Gasteiger partial charge >= 0.3 is 0 Å². The molecule has 1 aliphatic rings. The first-order chi connectivity index (χ1) is 6.66. The highest BCUT2D eigenvalue weighted by Crippen LogP contribution is 2.32. The van der Waals surface area contributed by atoms with E-state index in [9.17, 15) is 0 Å². The van der Waals surface area contributed by atoms with Crippen LogP contribution >= 0.6 is 22.6 Å². The molecular formula is C11H14INO. The SMILES string of the molecule is CC(C)c1cnc(I)cc1OC1CC1. The number of nitrogens with zero attached hydrogens (tertiary/aromatic N) is 1. The summed E-state index contributed by atoms with van der Waals surface area (Å²) in [6.07, 6.45) is 4.81. The maximum Gasteiger partial charge on any atom is 0.127 e. The highest BCUT2D eigenvalue weighted by Gasteiger charge is 2.25. The third-order valence-corrected chi connectivity index (χ3v) is 2.89. The number of rotatable bonds is 3. The third kappa shape index (κ3) is 2.38. The van der Waals surface area contributed by atoms with Gasteiger partial charge in [-0.05, 0) is 41.4 Å². The second-order valence-corrected chi connectivity index (χ2v) is 5.12. The number of pyridine rings is 1. The average Bonchev–Trinajstić information content (AvgIpc) is 2.87. The summed E-state index contributed by atoms with van der Waals surface area (Å²) < 4.78 is 6.86. The van der Waals surface area contributed by atoms with E-state index in [1.807, 2.05) is 12.3 Å². The highest BCUT2D eigenvalue weighted by molar-refractivity contribution is 14.1. The molecule has 2 rings (SSSR count). The Hall–Kier alpha value is -0.320. The van der Waals surface area contributed by atoms with Gasteiger partial charge in [-0.25, -0.2) is 4.98 Å². The fourth-order valence-electron chi connectivity index (χ4n) is 1.32. The van der Waals surface area contributed by atoms with Crippen LogP contribution in [0.5, 0.6) is 5.75 Å². The van der Waals surface area contributed by atoms with Crippen molar-refractivity contribution in [3.8, 4) is 5.75 Å². The molecule has 2 nitrogen and oxygen atoms in total. The molecule has 0 bridgehead atoms. The summed E-state index contributed by atoms with van der Waals surface area (Å²) in [6, 6.07) is 2.04. The molecule has 0 unspecified atom stereocenters. The Morgan fingerprint density at radius 2 is 2.21 bits per heavy atom. The van der Waals surface area contributed by atoms with Gasteiger partial charge in [-0.15, -0.1) is 0 Å². The standard InChI is InChI=1S/C11H14INO/c1-7(2)9-6-13-11(12)5-10(9)14-8-3-4-8/h5-8H,3-4H2,1-2H3. The Balaban J connectivity index is 2.27. The van der Waals surface area contributed by atoms with Crippen LogP contribution in [0.4, 0.5) is 0 Å². The molecule has 1 aromatic rings. The molecular weight excluding hydrogens is 289 g/mol. The van der Waals surface area contributed by atoms with E-state index in [2.05, 4.69) is 41.4 Å². The van der Waals surface area contributed by atoms with Crippen LogP contribution in [0.1, 0.15) is 38.2 Å². The monoisotopic (exact) mass is 303 g/mol. The van der Waals surface area contributed by atoms with E-state index in [4.69, 9.17) is 4.74 Å². The molecule has 0 spiro atoms. The Morgan fingerprint density at radius 3 is 2.79 bits per heavy atom. The van der Waals surface area contributed by atoms with Gasteiger partial charge in [-0.2, -0.15) is 0 Å². The van der Waals surface area contributed by atoms with E-state index in [0.29, 0.717) is 12.0 Å². The lowest BCUT2D eigenvalue weighted by Gasteiger charge is -2.13. The maximum atomic E-state index is 5.85. The van der Waals surface area contributed by atoms with E-state index in [1.165, 1.54) is 18.4 Å². The molecule has 0 atom stereocenters. The molecule has 1 heterocycles. The van der Waals surface area contributed by atoms with Gasteiger partial charge in [0, 0.05) is 17.8 Å². The summed E-state index contributed by atoms with van der Waals surface area (Å²) in [5, 5.41) is 0. The second-order valence-electron chi connectivity index (χ2n) is 4.02. The number of hydrogen-bond acceptors (Lipinski definition) is 2. The maximum absolute atomic E-state index is 5.85. The Kier molecular flexibility index (Phi) is 2.95. The van der Waals surface area contributed by atoms with Gasteiger partial charge in [0.25, 0.3) is 0 Å². The summed E-state index contributed by atoms with van der Waals surface area (Å²) in [6.45, 7) is 4.34. The fraction of sp³-hybridized carbons (Fsp3) is 0.545. The minimum absolute atomic E-state index is 0.464. The molecule has 14 heavy (non-hydrogen) atoms. The van der Waals surface area contributed by atoms with Crippen LogP contribution in [-0.2, 0) is 0 Å². The van der Waals surface area contributed by atoms with Crippen molar-refractivity contribution >= 4 is 22.6 Å². The van der Waals surface area contributed by atoms with Crippen LogP contribution in [0, 0.1) is 3.70 Å². The van der Waals surface area contributed by atoms with Crippen molar-refractivity contribution in [3.05, 3.63) is 21.5 Å². The van der Waals surface area contributed by atoms with E-state index < -0.39 is 0 Å². The molecule has 0 radical (unpaired) electrons. The summed E-state index contributed by atoms with van der Waals surface area (Å²) in [4.78, 5) is 4.30. The summed E-state index contributed by atoms with van der Waals surface area (Å²) in [7, 11) is 0. The van der Waals surface area contributed by atoms with Crippen LogP contribution in [0.3, 0.4) is 0 Å². The molecule has 0 aliphatic heterocycles. The van der Waals surface area contributed by atoms with Crippen LogP contribution in [0.25, 0.3) is 0 Å². The lowest BCUT2D eigenvalue weighted by molar-refractivity contribution is 0.298. The van der Waals surface area contributed by atoms with Crippen molar-refractivity contribution in [3.63, 3.8) is 0 Å². The lowest BCUT2D eigenvalue weighted by atomic mass is 10.1. The molecule has 3 heteroatoms. The van der Waals surface area contributed by atoms with Gasteiger partial charge in [-0.1, -0.05) is 13.8 Å². The molecule has 1 aromatic heterocycles. The molecule has 1 fully saturated rings. The van der Waals surface area contributed by atoms with Gasteiger partial charge < -0.3 is 4.74 Å². The van der Waals surface area contributed by atoms with Gasteiger partial charge in [0.15, 0.2) is 0 Å². The summed E-state index contributed by atoms with van der Waals surface area (Å²) in [5.74, 6) is 1.51. The zero-order valence-corrected chi connectivity index (χ0v) is 10.6. The fourth-order valence-corrected chi connectivity index (χ4v) is 1.75. The Labute approximate surface area is 98.2 Å². The summed E-state index contributed by atoms with van der Waals surface area (Å²) >= 11 is 2.22. The largest absolute Gasteiger partial charge is 0.490 e. The van der Waals surface area contributed by atoms with Gasteiger partial charge in [0.1, 0.15) is 9.45 Å². The smallest absolute Gasteiger partial charge is 0.127 e. The predicted molar refractivity (Wildman–Crippen MR) is 64.7 cm³/mol. The van der Waals surface area contributed by atoms with Crippen LogP contribution in [0.2, 0.25) is 0 Å². The minimum atomic E-state index is 0.464. The molecule has 76 valence electrons. The van der Waals surface area contributed by atoms with Gasteiger partial charge in [0.2, 0.25) is 0 Å². The molecule has 0 saturated heterocycles. The van der Waals surface area contributed by atoms with Crippen molar-refractivity contribution in [1.82, 2.24) is 4.98 Å². The second kappa shape index (κ2) is 4.04. The normalized spacial score (nSPS) is 16.0. The van der Waals surface area contributed by atoms with E-state index in [-0.39, 0.29) is 0 Å². The number of ether oxygens (including phenoxy) is 1. The molecule has 0 aromatic carbocycles. The van der Waals surface area contributed by atoms with Gasteiger partial charge in [0.05, 0.1) is 6.10 Å². The first-order valence-corrected chi connectivity index (χ1v) is 6.07. The Morgan fingerprint density at radius 1 is 1.50 bits per heavy atom. The number of hydrogen-bond donors (Lipinski definition) is 0. The highest BCUT2D eigenvalue weighted by atomic mass is 127. The van der Waals surface area contributed by atoms with Crippen LogP contribution in [-0.4, -0.2) is 11.1 Å². The van der Waals surface area contributed by atoms with Crippen LogP contribution in [0.15, 0.2) is 12.3 Å². The zero-order chi connectivity index (χ0) is 10.1. The third-order valence-electron chi connectivity index (χ3n) is 2.30. The van der Waals surface area contributed by atoms with Crippen molar-refractivity contribution in [2.45, 2.75) is 38.7 Å². The topological polar surface area (TPSA) is 22.1 Å². The first kappa shape index (κ1) is 10.2. The zero-order valence-electron chi connectivity index (χ0n) is 8.46. The quantitative estimate of drug-likeness (QED) is 0.631. The molecule has 0 N–H and O–H groups in total. The van der Waals surface area contributed by atoms with Crippen LogP contribution < -0.4 is 4.74 Å². The minimum Gasteiger partial charge on any atom is -0.490 e. The molecule has 1 saturated carbocycles. The average molecular weight is 303 g/mol. The summed E-state index contributed by atoms with van der Waals surface area (Å²) in [5.41, 5.74) is 1.22. The number of halogens is 1. The van der Waals surface area contributed by atoms with Crippen molar-refractivity contribution in [2.75, 3.05) is 0 Å². The van der Waals surface area contributed by atoms with E-state index in [0.717, 1.165) is 9.45 Å². The molecule has 1 aliphatic carbocycles. The first-order valence-electron chi connectivity index (χ1n) is 4.99. The Bertz CT molecular complexity index is 334. The van der Waals surface area contributed by atoms with Crippen molar-refractivity contribution in [1.29, 1.82) is 0 Å². The van der Waals surface area contributed by atoms with E-state index in [1.54, 1.807) is 0 Å².